The van der Waals surface area contributed by atoms with E-state index < -0.39 is 28.3 Å². The smallest absolute Gasteiger partial charge is 0.241 e. The fraction of sp³-hybridized carbons (Fsp3) is 0.318. The molecule has 1 saturated heterocycles. The third-order valence-electron chi connectivity index (χ3n) is 10.0. The van der Waals surface area contributed by atoms with Crippen molar-refractivity contribution >= 4 is 15.9 Å². The summed E-state index contributed by atoms with van der Waals surface area (Å²) in [6.07, 6.45) is 1.81. The molecule has 6 rings (SSSR count). The Balaban J connectivity index is 1.14. The summed E-state index contributed by atoms with van der Waals surface area (Å²) in [6.45, 7) is 5.72. The van der Waals surface area contributed by atoms with E-state index in [1.807, 2.05) is 110 Å². The molecule has 1 amide bonds. The maximum absolute atomic E-state index is 13.6. The van der Waals surface area contributed by atoms with Crippen LogP contribution in [0.25, 0.3) is 0 Å². The molecule has 3 N–H and O–H groups in total. The lowest BCUT2D eigenvalue weighted by molar-refractivity contribution is -0.275. The molecular weight excluding hydrogens is 713 g/mol. The van der Waals surface area contributed by atoms with Crippen molar-refractivity contribution in [1.82, 2.24) is 19.9 Å². The number of nitrogens with one attached hydrogen (secondary N) is 2. The number of aryl methyl sites for hydroxylation is 1. The molecule has 288 valence electrons. The zero-order valence-corrected chi connectivity index (χ0v) is 32.4. The first-order valence-corrected chi connectivity index (χ1v) is 20.1. The molecule has 0 radical (unpaired) electrons. The van der Waals surface area contributed by atoms with E-state index in [2.05, 4.69) is 33.9 Å². The van der Waals surface area contributed by atoms with Crippen molar-refractivity contribution in [1.29, 1.82) is 0 Å². The van der Waals surface area contributed by atoms with Gasteiger partial charge in [-0.2, -0.15) is 4.72 Å². The lowest BCUT2D eigenvalue weighted by Crippen LogP contribution is -2.47. The second-order valence-electron chi connectivity index (χ2n) is 14.3. The quantitative estimate of drug-likeness (QED) is 0.111. The average molecular weight is 763 g/mol. The van der Waals surface area contributed by atoms with Gasteiger partial charge in [0.05, 0.1) is 23.7 Å². The molecular formula is C44H50N4O6S. The second-order valence-corrected chi connectivity index (χ2v) is 16.0. The van der Waals surface area contributed by atoms with Crippen LogP contribution in [0.2, 0.25) is 0 Å². The normalized spacial score (nSPS) is 19.2. The molecule has 55 heavy (non-hydrogen) atoms. The Labute approximate surface area is 324 Å². The minimum absolute atomic E-state index is 0.0275. The zero-order chi connectivity index (χ0) is 38.8. The number of hydrogen-bond acceptors (Lipinski definition) is 8. The molecule has 0 bridgehead atoms. The number of pyridine rings is 1. The standard InChI is InChI=1S/C44H50N4O6S/c1-31-12-22-39(23-13-31)55(51,52)47-40(27-33-9-5-4-6-10-33)43(50)46-28-34-14-20-37(21-15-34)44-53-41(29-48(3)26-24-38-11-7-8-25-45-38)32(2)42(54-44)36-18-16-35(30-49)17-19-36/h4-23,25,32,40-42,44,47,49H,24,26-30H2,1-3H3,(H,46,50)/t32-,40+,41+,42+,44+/m0/s1. The van der Waals surface area contributed by atoms with E-state index in [1.165, 1.54) is 12.1 Å². The van der Waals surface area contributed by atoms with Gasteiger partial charge in [0.15, 0.2) is 6.29 Å². The summed E-state index contributed by atoms with van der Waals surface area (Å²) in [5.41, 5.74) is 6.34. The van der Waals surface area contributed by atoms with Crippen LogP contribution in [-0.4, -0.2) is 61.6 Å². The fourth-order valence-electron chi connectivity index (χ4n) is 6.69. The van der Waals surface area contributed by atoms with E-state index in [0.717, 1.165) is 52.0 Å². The lowest BCUT2D eigenvalue weighted by atomic mass is 9.90. The summed E-state index contributed by atoms with van der Waals surface area (Å²) in [5.74, 6) is -0.392. The van der Waals surface area contributed by atoms with Gasteiger partial charge in [0.25, 0.3) is 0 Å². The van der Waals surface area contributed by atoms with Crippen LogP contribution < -0.4 is 10.0 Å². The number of amides is 1. The molecule has 5 atom stereocenters. The first-order chi connectivity index (χ1) is 26.6. The van der Waals surface area contributed by atoms with Crippen LogP contribution in [0.15, 0.2) is 132 Å². The van der Waals surface area contributed by atoms with Gasteiger partial charge in [-0.25, -0.2) is 8.42 Å². The molecule has 0 spiro atoms. The number of hydrogen-bond donors (Lipinski definition) is 3. The number of likely N-dealkylation sites (N-methyl/N-ethyl adjacent to an activating group) is 1. The average Bonchev–Trinajstić information content (AvgIpc) is 3.21. The van der Waals surface area contributed by atoms with Crippen molar-refractivity contribution in [2.45, 2.75) is 69.3 Å². The SMILES string of the molecule is Cc1ccc(S(=O)(=O)N[C@H](Cc2ccccc2)C(=O)NCc2ccc([C@@H]3O[C@H](CN(C)CCc4ccccn4)[C@H](C)[C@H](c4ccc(CO)cc4)O3)cc2)cc1. The summed E-state index contributed by atoms with van der Waals surface area (Å²) < 4.78 is 42.6. The molecule has 1 aliphatic heterocycles. The number of aliphatic hydroxyl groups is 1. The molecule has 2 heterocycles. The molecule has 4 aromatic carbocycles. The maximum atomic E-state index is 13.6. The van der Waals surface area contributed by atoms with Crippen LogP contribution in [0.5, 0.6) is 0 Å². The van der Waals surface area contributed by atoms with Gasteiger partial charge in [-0.3, -0.25) is 9.78 Å². The Morgan fingerprint density at radius 1 is 0.836 bits per heavy atom. The summed E-state index contributed by atoms with van der Waals surface area (Å²) in [6, 6.07) is 36.4. The summed E-state index contributed by atoms with van der Waals surface area (Å²) in [4.78, 5) is 20.4. The summed E-state index contributed by atoms with van der Waals surface area (Å²) in [5, 5.41) is 12.6. The number of benzene rings is 4. The molecule has 1 aromatic heterocycles. The topological polar surface area (TPSA) is 130 Å². The molecule has 1 aliphatic rings. The largest absolute Gasteiger partial charge is 0.392 e. The van der Waals surface area contributed by atoms with Crippen molar-refractivity contribution in [3.63, 3.8) is 0 Å². The van der Waals surface area contributed by atoms with Crippen molar-refractivity contribution in [2.75, 3.05) is 20.1 Å². The highest BCUT2D eigenvalue weighted by molar-refractivity contribution is 7.89. The van der Waals surface area contributed by atoms with Gasteiger partial charge in [-0.05, 0) is 66.9 Å². The van der Waals surface area contributed by atoms with E-state index in [0.29, 0.717) is 6.54 Å². The van der Waals surface area contributed by atoms with Crippen molar-refractivity contribution in [2.24, 2.45) is 5.92 Å². The minimum atomic E-state index is -3.96. The highest BCUT2D eigenvalue weighted by atomic mass is 32.2. The maximum Gasteiger partial charge on any atom is 0.241 e. The monoisotopic (exact) mass is 762 g/mol. The van der Waals surface area contributed by atoms with E-state index in [9.17, 15) is 18.3 Å². The van der Waals surface area contributed by atoms with Crippen molar-refractivity contribution < 1.29 is 27.8 Å². The van der Waals surface area contributed by atoms with Crippen LogP contribution in [0.1, 0.15) is 58.4 Å². The number of ether oxygens (including phenoxy) is 2. The molecule has 5 aromatic rings. The number of carbonyl (C=O) groups is 1. The fourth-order valence-corrected chi connectivity index (χ4v) is 7.89. The molecule has 10 nitrogen and oxygen atoms in total. The van der Waals surface area contributed by atoms with Gasteiger partial charge in [-0.1, -0.05) is 110 Å². The number of carbonyl (C=O) groups excluding carboxylic acids is 1. The number of nitrogens with zero attached hydrogens (tertiary/aromatic N) is 2. The van der Waals surface area contributed by atoms with Crippen LogP contribution in [0, 0.1) is 12.8 Å². The predicted octanol–water partition coefficient (Wildman–Crippen LogP) is 6.05. The Hall–Kier alpha value is -4.75. The third kappa shape index (κ3) is 10.9. The first kappa shape index (κ1) is 39.9. The molecule has 0 saturated carbocycles. The summed E-state index contributed by atoms with van der Waals surface area (Å²) >= 11 is 0. The molecule has 1 fully saturated rings. The van der Waals surface area contributed by atoms with E-state index in [4.69, 9.17) is 9.47 Å². The van der Waals surface area contributed by atoms with Gasteiger partial charge >= 0.3 is 0 Å². The number of rotatable bonds is 16. The van der Waals surface area contributed by atoms with Crippen LogP contribution in [0.3, 0.4) is 0 Å². The highest BCUT2D eigenvalue weighted by Gasteiger charge is 2.39. The third-order valence-corrected chi connectivity index (χ3v) is 11.5. The Morgan fingerprint density at radius 3 is 2.18 bits per heavy atom. The molecule has 0 aliphatic carbocycles. The lowest BCUT2D eigenvalue weighted by Gasteiger charge is -2.42. The van der Waals surface area contributed by atoms with Crippen LogP contribution in [0.4, 0.5) is 0 Å². The highest BCUT2D eigenvalue weighted by Crippen LogP contribution is 2.41. The summed E-state index contributed by atoms with van der Waals surface area (Å²) in [7, 11) is -1.87. The Bertz CT molecular complexity index is 2070. The van der Waals surface area contributed by atoms with Gasteiger partial charge in [0, 0.05) is 49.4 Å². The van der Waals surface area contributed by atoms with Gasteiger partial charge in [-0.15, -0.1) is 0 Å². The number of aliphatic hydroxyl groups excluding tert-OH is 1. The van der Waals surface area contributed by atoms with Crippen molar-refractivity contribution in [3.05, 3.63) is 167 Å². The molecule has 0 unspecified atom stereocenters. The predicted molar refractivity (Wildman–Crippen MR) is 212 cm³/mol. The van der Waals surface area contributed by atoms with E-state index >= 15 is 0 Å². The Kier molecular flexibility index (Phi) is 13.6. The second kappa shape index (κ2) is 18.7. The molecule has 11 heteroatoms. The van der Waals surface area contributed by atoms with E-state index in [1.54, 1.807) is 12.1 Å². The van der Waals surface area contributed by atoms with E-state index in [-0.39, 0.29) is 42.6 Å². The first-order valence-electron chi connectivity index (χ1n) is 18.7. The van der Waals surface area contributed by atoms with Gasteiger partial charge in [0.1, 0.15) is 6.04 Å². The minimum Gasteiger partial charge on any atom is -0.392 e. The van der Waals surface area contributed by atoms with Gasteiger partial charge in [0.2, 0.25) is 15.9 Å². The number of aromatic nitrogens is 1. The number of sulfonamides is 1. The van der Waals surface area contributed by atoms with Crippen LogP contribution >= 0.6 is 0 Å². The van der Waals surface area contributed by atoms with Crippen LogP contribution in [-0.2, 0) is 50.3 Å². The van der Waals surface area contributed by atoms with Gasteiger partial charge < -0.3 is 24.8 Å². The zero-order valence-electron chi connectivity index (χ0n) is 31.5. The van der Waals surface area contributed by atoms with Crippen molar-refractivity contribution in [3.8, 4) is 0 Å². The Morgan fingerprint density at radius 2 is 1.51 bits per heavy atom.